The molecule has 0 radical (unpaired) electrons. The first-order chi connectivity index (χ1) is 11.9. The van der Waals surface area contributed by atoms with Gasteiger partial charge in [-0.25, -0.2) is 4.98 Å². The largest absolute Gasteiger partial charge is 0.385 e. The van der Waals surface area contributed by atoms with Crippen molar-refractivity contribution in [3.05, 3.63) is 51.1 Å². The first-order valence-electron chi connectivity index (χ1n) is 8.23. The van der Waals surface area contributed by atoms with Gasteiger partial charge in [0.15, 0.2) is 0 Å². The lowest BCUT2D eigenvalue weighted by molar-refractivity contribution is -0.384. The fourth-order valence-electron chi connectivity index (χ4n) is 3.57. The number of nitro groups is 1. The molecular formula is C17H21ClN4O3. The Morgan fingerprint density at radius 1 is 1.48 bits per heavy atom. The second-order valence-corrected chi connectivity index (χ2v) is 6.95. The van der Waals surface area contributed by atoms with E-state index in [9.17, 15) is 15.2 Å². The number of halogens is 1. The monoisotopic (exact) mass is 364 g/mol. The number of aryl methyl sites for hydroxylation is 2. The Labute approximate surface area is 151 Å². The molecule has 25 heavy (non-hydrogen) atoms. The summed E-state index contributed by atoms with van der Waals surface area (Å²) in [6, 6.07) is 2.93. The lowest BCUT2D eigenvalue weighted by atomic mass is 9.91. The molecule has 2 atom stereocenters. The number of aliphatic hydroxyl groups is 1. The third-order valence-corrected chi connectivity index (χ3v) is 5.08. The molecule has 8 heteroatoms. The van der Waals surface area contributed by atoms with Gasteiger partial charge in [-0.1, -0.05) is 11.6 Å². The van der Waals surface area contributed by atoms with Crippen LogP contribution in [0.5, 0.6) is 0 Å². The van der Waals surface area contributed by atoms with Crippen molar-refractivity contribution in [2.75, 3.05) is 18.0 Å². The molecule has 134 valence electrons. The smallest absolute Gasteiger partial charge is 0.271 e. The van der Waals surface area contributed by atoms with E-state index >= 15 is 0 Å². The molecule has 1 fully saturated rings. The number of anilines is 1. The second kappa shape index (κ2) is 7.01. The van der Waals surface area contributed by atoms with E-state index in [1.54, 1.807) is 12.3 Å². The molecular weight excluding hydrogens is 344 g/mol. The van der Waals surface area contributed by atoms with Gasteiger partial charge in [0.05, 0.1) is 15.6 Å². The van der Waals surface area contributed by atoms with E-state index in [-0.39, 0.29) is 11.6 Å². The molecule has 1 aliphatic heterocycles. The van der Waals surface area contributed by atoms with E-state index in [0.29, 0.717) is 17.4 Å². The minimum Gasteiger partial charge on any atom is -0.385 e. The number of imidazole rings is 1. The predicted molar refractivity (Wildman–Crippen MR) is 95.9 cm³/mol. The Balaban J connectivity index is 1.84. The molecule has 3 rings (SSSR count). The van der Waals surface area contributed by atoms with Gasteiger partial charge in [0.2, 0.25) is 0 Å². The lowest BCUT2D eigenvalue weighted by Gasteiger charge is -2.37. The third kappa shape index (κ3) is 3.48. The fourth-order valence-corrected chi connectivity index (χ4v) is 3.95. The van der Waals surface area contributed by atoms with Crippen LogP contribution >= 0.6 is 11.6 Å². The van der Waals surface area contributed by atoms with Crippen molar-refractivity contribution in [2.24, 2.45) is 13.0 Å². The first-order valence-corrected chi connectivity index (χ1v) is 8.61. The van der Waals surface area contributed by atoms with Crippen LogP contribution in [0.15, 0.2) is 24.5 Å². The van der Waals surface area contributed by atoms with Crippen LogP contribution < -0.4 is 4.90 Å². The van der Waals surface area contributed by atoms with E-state index in [0.717, 1.165) is 30.6 Å². The SMILES string of the molecule is Cc1cc([N+](=O)[O-])cc(Cl)c1N1CCCC(C(O)c2nccn2C)C1. The van der Waals surface area contributed by atoms with Crippen LogP contribution in [-0.4, -0.2) is 32.7 Å². The van der Waals surface area contributed by atoms with E-state index in [1.807, 2.05) is 24.7 Å². The molecule has 0 aliphatic carbocycles. The Morgan fingerprint density at radius 2 is 2.24 bits per heavy atom. The number of hydrogen-bond donors (Lipinski definition) is 1. The summed E-state index contributed by atoms with van der Waals surface area (Å²) in [6.07, 6.45) is 4.65. The Morgan fingerprint density at radius 3 is 2.84 bits per heavy atom. The molecule has 1 saturated heterocycles. The second-order valence-electron chi connectivity index (χ2n) is 6.54. The Bertz CT molecular complexity index is 769. The van der Waals surface area contributed by atoms with E-state index in [2.05, 4.69) is 9.88 Å². The van der Waals surface area contributed by atoms with Crippen LogP contribution in [0, 0.1) is 23.0 Å². The molecule has 2 heterocycles. The summed E-state index contributed by atoms with van der Waals surface area (Å²) in [6.45, 7) is 3.27. The van der Waals surface area contributed by atoms with Gasteiger partial charge in [0.25, 0.3) is 5.69 Å². The molecule has 2 aromatic rings. The summed E-state index contributed by atoms with van der Waals surface area (Å²) in [5, 5.41) is 22.1. The van der Waals surface area contributed by atoms with Crippen molar-refractivity contribution in [3.8, 4) is 0 Å². The number of nitro benzene ring substituents is 1. The molecule has 0 amide bonds. The van der Waals surface area contributed by atoms with Gasteiger partial charge in [-0.2, -0.15) is 0 Å². The van der Waals surface area contributed by atoms with E-state index in [1.165, 1.54) is 6.07 Å². The maximum Gasteiger partial charge on any atom is 0.271 e. The van der Waals surface area contributed by atoms with Crippen LogP contribution in [0.1, 0.15) is 30.3 Å². The standard InChI is InChI=1S/C17H21ClN4O3/c1-11-8-13(22(24)25)9-14(18)15(11)21-6-3-4-12(10-21)16(23)17-19-5-7-20(17)2/h5,7-9,12,16,23H,3-4,6,10H2,1-2H3. The third-order valence-electron chi connectivity index (χ3n) is 4.79. The minimum atomic E-state index is -0.653. The number of nitrogens with zero attached hydrogens (tertiary/aromatic N) is 4. The van der Waals surface area contributed by atoms with Gasteiger partial charge in [-0.05, 0) is 25.3 Å². The number of non-ortho nitro benzene ring substituents is 1. The average Bonchev–Trinajstić information content (AvgIpc) is 2.99. The highest BCUT2D eigenvalue weighted by atomic mass is 35.5. The number of aromatic nitrogens is 2. The van der Waals surface area contributed by atoms with Gasteiger partial charge in [0, 0.05) is 50.6 Å². The zero-order valence-electron chi connectivity index (χ0n) is 14.2. The molecule has 0 saturated carbocycles. The van der Waals surface area contributed by atoms with Crippen molar-refractivity contribution in [3.63, 3.8) is 0 Å². The van der Waals surface area contributed by atoms with Gasteiger partial charge < -0.3 is 14.6 Å². The number of benzene rings is 1. The fraction of sp³-hybridized carbons (Fsp3) is 0.471. The van der Waals surface area contributed by atoms with Crippen molar-refractivity contribution in [1.82, 2.24) is 9.55 Å². The van der Waals surface area contributed by atoms with Gasteiger partial charge >= 0.3 is 0 Å². The van der Waals surface area contributed by atoms with Gasteiger partial charge in [-0.3, -0.25) is 10.1 Å². The number of rotatable bonds is 4. The van der Waals surface area contributed by atoms with E-state index < -0.39 is 11.0 Å². The summed E-state index contributed by atoms with van der Waals surface area (Å²) in [7, 11) is 1.86. The molecule has 1 aromatic carbocycles. The minimum absolute atomic E-state index is 0.00662. The van der Waals surface area contributed by atoms with Crippen LogP contribution in [-0.2, 0) is 7.05 Å². The van der Waals surface area contributed by atoms with Crippen molar-refractivity contribution < 1.29 is 10.0 Å². The van der Waals surface area contributed by atoms with Crippen LogP contribution in [0.2, 0.25) is 5.02 Å². The summed E-state index contributed by atoms with van der Waals surface area (Å²) in [4.78, 5) is 16.9. The predicted octanol–water partition coefficient (Wildman–Crippen LogP) is 3.24. The van der Waals surface area contributed by atoms with Crippen LogP contribution in [0.25, 0.3) is 0 Å². The van der Waals surface area contributed by atoms with E-state index in [4.69, 9.17) is 11.6 Å². The summed E-state index contributed by atoms with van der Waals surface area (Å²) < 4.78 is 1.83. The summed E-state index contributed by atoms with van der Waals surface area (Å²) >= 11 is 6.34. The molecule has 1 N–H and O–H groups in total. The maximum absolute atomic E-state index is 11.0. The van der Waals surface area contributed by atoms with Gasteiger partial charge in [-0.15, -0.1) is 0 Å². The Kier molecular flexibility index (Phi) is 4.96. The molecule has 7 nitrogen and oxygen atoms in total. The topological polar surface area (TPSA) is 84.4 Å². The number of piperidine rings is 1. The van der Waals surface area contributed by atoms with Crippen molar-refractivity contribution in [1.29, 1.82) is 0 Å². The number of hydrogen-bond acceptors (Lipinski definition) is 5. The summed E-state index contributed by atoms with van der Waals surface area (Å²) in [5.74, 6) is 0.680. The van der Waals surface area contributed by atoms with Crippen molar-refractivity contribution in [2.45, 2.75) is 25.9 Å². The van der Waals surface area contributed by atoms with Crippen LogP contribution in [0.4, 0.5) is 11.4 Å². The molecule has 0 bridgehead atoms. The average molecular weight is 365 g/mol. The summed E-state index contributed by atoms with van der Waals surface area (Å²) in [5.41, 5.74) is 1.57. The molecule has 2 unspecified atom stereocenters. The quantitative estimate of drug-likeness (QED) is 0.665. The zero-order chi connectivity index (χ0) is 18.1. The van der Waals surface area contributed by atoms with Crippen molar-refractivity contribution >= 4 is 23.0 Å². The number of aliphatic hydroxyl groups excluding tert-OH is 1. The first kappa shape index (κ1) is 17.7. The Hall–Kier alpha value is -2.12. The highest BCUT2D eigenvalue weighted by Crippen LogP contribution is 2.38. The highest BCUT2D eigenvalue weighted by Gasteiger charge is 2.31. The molecule has 1 aromatic heterocycles. The zero-order valence-corrected chi connectivity index (χ0v) is 15.0. The maximum atomic E-state index is 11.0. The molecule has 1 aliphatic rings. The lowest BCUT2D eigenvalue weighted by Crippen LogP contribution is -2.39. The molecule has 0 spiro atoms. The normalized spacial score (nSPS) is 19.0. The highest BCUT2D eigenvalue weighted by molar-refractivity contribution is 6.33. The van der Waals surface area contributed by atoms with Crippen LogP contribution in [0.3, 0.4) is 0 Å². The van der Waals surface area contributed by atoms with Gasteiger partial charge in [0.1, 0.15) is 11.9 Å².